The Morgan fingerprint density at radius 3 is 2.56 bits per heavy atom. The summed E-state index contributed by atoms with van der Waals surface area (Å²) in [4.78, 5) is 11.8. The van der Waals surface area contributed by atoms with Crippen molar-refractivity contribution in [2.45, 2.75) is 12.5 Å². The molecule has 3 N–H and O–H groups in total. The van der Waals surface area contributed by atoms with Gasteiger partial charge in [-0.05, 0) is 18.6 Å². The molecule has 0 saturated heterocycles. The maximum Gasteiger partial charge on any atom is 0.241 e. The van der Waals surface area contributed by atoms with Gasteiger partial charge < -0.3 is 15.8 Å². The van der Waals surface area contributed by atoms with E-state index in [4.69, 9.17) is 33.7 Å². The minimum Gasteiger partial charge on any atom is -0.385 e. The van der Waals surface area contributed by atoms with Crippen LogP contribution in [0.1, 0.15) is 6.42 Å². The summed E-state index contributed by atoms with van der Waals surface area (Å²) in [5.41, 5.74) is 6.05. The third kappa shape index (κ3) is 4.40. The Hall–Kier alpha value is -0.330. The molecule has 100 valence electrons. The molecule has 0 saturated carbocycles. The van der Waals surface area contributed by atoms with Crippen LogP contribution in [0.4, 0.5) is 5.69 Å². The van der Waals surface area contributed by atoms with Crippen molar-refractivity contribution in [3.05, 3.63) is 26.7 Å². The molecular weight excluding hydrogens is 343 g/mol. The number of nitrogens with two attached hydrogens (primary N) is 1. The van der Waals surface area contributed by atoms with Crippen LogP contribution in [-0.4, -0.2) is 25.7 Å². The highest BCUT2D eigenvalue weighted by Gasteiger charge is 2.16. The summed E-state index contributed by atoms with van der Waals surface area (Å²) in [5, 5.41) is 3.31. The molecule has 4 nitrogen and oxygen atoms in total. The number of ether oxygens (including phenoxy) is 1. The molecule has 1 atom stereocenters. The molecule has 1 amide bonds. The Labute approximate surface area is 124 Å². The van der Waals surface area contributed by atoms with Gasteiger partial charge in [-0.15, -0.1) is 0 Å². The molecule has 1 aromatic carbocycles. The Morgan fingerprint density at radius 1 is 1.50 bits per heavy atom. The first-order valence-electron chi connectivity index (χ1n) is 5.15. The van der Waals surface area contributed by atoms with Gasteiger partial charge in [-0.3, -0.25) is 4.79 Å². The highest BCUT2D eigenvalue weighted by molar-refractivity contribution is 9.10. The zero-order valence-corrected chi connectivity index (χ0v) is 12.8. The molecule has 0 radical (unpaired) electrons. The molecule has 0 bridgehead atoms. The second kappa shape index (κ2) is 7.31. The van der Waals surface area contributed by atoms with Crippen LogP contribution in [0, 0.1) is 0 Å². The average Bonchev–Trinajstić information content (AvgIpc) is 2.30. The molecule has 1 unspecified atom stereocenters. The van der Waals surface area contributed by atoms with Gasteiger partial charge in [0.1, 0.15) is 0 Å². The lowest BCUT2D eigenvalue weighted by atomic mass is 10.2. The number of benzene rings is 1. The van der Waals surface area contributed by atoms with Crippen LogP contribution in [-0.2, 0) is 9.53 Å². The molecule has 0 aliphatic carbocycles. The van der Waals surface area contributed by atoms with Gasteiger partial charge in [0.15, 0.2) is 0 Å². The molecule has 18 heavy (non-hydrogen) atoms. The predicted molar refractivity (Wildman–Crippen MR) is 77.3 cm³/mol. The van der Waals surface area contributed by atoms with E-state index in [1.54, 1.807) is 19.2 Å². The molecule has 0 heterocycles. The van der Waals surface area contributed by atoms with E-state index >= 15 is 0 Å². The Balaban J connectivity index is 2.76. The van der Waals surface area contributed by atoms with Crippen molar-refractivity contribution >= 4 is 50.7 Å². The Kier molecular flexibility index (Phi) is 6.38. The van der Waals surface area contributed by atoms with Crippen molar-refractivity contribution in [2.24, 2.45) is 5.73 Å². The minimum atomic E-state index is -0.666. The van der Waals surface area contributed by atoms with Crippen LogP contribution in [0.3, 0.4) is 0 Å². The van der Waals surface area contributed by atoms with E-state index in [0.717, 1.165) is 4.47 Å². The monoisotopic (exact) mass is 354 g/mol. The van der Waals surface area contributed by atoms with E-state index in [2.05, 4.69) is 21.2 Å². The summed E-state index contributed by atoms with van der Waals surface area (Å²) in [6.45, 7) is 0.413. The van der Waals surface area contributed by atoms with Crippen LogP contribution < -0.4 is 11.1 Å². The minimum absolute atomic E-state index is 0.349. The van der Waals surface area contributed by atoms with Gasteiger partial charge in [-0.25, -0.2) is 0 Å². The van der Waals surface area contributed by atoms with Crippen LogP contribution >= 0.6 is 39.1 Å². The number of rotatable bonds is 5. The fourth-order valence-corrected chi connectivity index (χ4v) is 2.56. The molecule has 1 aromatic rings. The summed E-state index contributed by atoms with van der Waals surface area (Å²) in [6.07, 6.45) is 0.425. The second-order valence-corrected chi connectivity index (χ2v) is 5.35. The van der Waals surface area contributed by atoms with E-state index in [0.29, 0.717) is 28.8 Å². The Morgan fingerprint density at radius 2 is 2.06 bits per heavy atom. The van der Waals surface area contributed by atoms with Gasteiger partial charge in [-0.2, -0.15) is 0 Å². The average molecular weight is 356 g/mol. The third-order valence-electron chi connectivity index (χ3n) is 2.22. The van der Waals surface area contributed by atoms with Crippen molar-refractivity contribution in [1.82, 2.24) is 0 Å². The molecule has 0 aromatic heterocycles. The first-order chi connectivity index (χ1) is 8.45. The smallest absolute Gasteiger partial charge is 0.241 e. The van der Waals surface area contributed by atoms with Crippen LogP contribution in [0.5, 0.6) is 0 Å². The summed E-state index contributed by atoms with van der Waals surface area (Å²) in [5.74, 6) is -0.349. The lowest BCUT2D eigenvalue weighted by molar-refractivity contribution is -0.117. The molecule has 0 fully saturated rings. The summed E-state index contributed by atoms with van der Waals surface area (Å²) in [6, 6.07) is 2.62. The number of carbonyl (C=O) groups is 1. The number of amides is 1. The van der Waals surface area contributed by atoms with E-state index in [1.165, 1.54) is 0 Å². The van der Waals surface area contributed by atoms with E-state index in [-0.39, 0.29) is 5.91 Å². The highest BCUT2D eigenvalue weighted by atomic mass is 79.9. The van der Waals surface area contributed by atoms with Crippen LogP contribution in [0.2, 0.25) is 10.0 Å². The van der Waals surface area contributed by atoms with Crippen molar-refractivity contribution < 1.29 is 9.53 Å². The first-order valence-corrected chi connectivity index (χ1v) is 6.70. The lowest BCUT2D eigenvalue weighted by Gasteiger charge is -2.14. The number of hydrogen-bond donors (Lipinski definition) is 2. The standard InChI is InChI=1S/C11H13BrCl2N2O2/c1-18-3-2-9(15)11(17)16-10-7(13)4-6(12)5-8(10)14/h4-5,9H,2-3,15H2,1H3,(H,16,17). The predicted octanol–water partition coefficient (Wildman–Crippen LogP) is 3.06. The van der Waals surface area contributed by atoms with Gasteiger partial charge in [0.25, 0.3) is 0 Å². The van der Waals surface area contributed by atoms with Gasteiger partial charge in [0.05, 0.1) is 21.8 Å². The quantitative estimate of drug-likeness (QED) is 0.853. The van der Waals surface area contributed by atoms with E-state index < -0.39 is 6.04 Å². The van der Waals surface area contributed by atoms with Gasteiger partial charge in [0, 0.05) is 18.2 Å². The SMILES string of the molecule is COCCC(N)C(=O)Nc1c(Cl)cc(Br)cc1Cl. The maximum absolute atomic E-state index is 11.8. The molecular formula is C11H13BrCl2N2O2. The van der Waals surface area contributed by atoms with Gasteiger partial charge in [0.2, 0.25) is 5.91 Å². The molecule has 1 rings (SSSR count). The molecule has 0 spiro atoms. The number of hydrogen-bond acceptors (Lipinski definition) is 3. The van der Waals surface area contributed by atoms with Crippen molar-refractivity contribution in [2.75, 3.05) is 19.0 Å². The molecule has 7 heteroatoms. The summed E-state index contributed by atoms with van der Waals surface area (Å²) >= 11 is 15.2. The zero-order chi connectivity index (χ0) is 13.7. The largest absolute Gasteiger partial charge is 0.385 e. The van der Waals surface area contributed by atoms with Gasteiger partial charge >= 0.3 is 0 Å². The van der Waals surface area contributed by atoms with Crippen molar-refractivity contribution in [3.8, 4) is 0 Å². The second-order valence-electron chi connectivity index (χ2n) is 3.62. The summed E-state index contributed by atoms with van der Waals surface area (Å²) < 4.78 is 5.59. The lowest BCUT2D eigenvalue weighted by Crippen LogP contribution is -2.36. The number of carbonyl (C=O) groups excluding carboxylic acids is 1. The van der Waals surface area contributed by atoms with Crippen LogP contribution in [0.15, 0.2) is 16.6 Å². The maximum atomic E-state index is 11.8. The third-order valence-corrected chi connectivity index (χ3v) is 3.28. The number of nitrogens with one attached hydrogen (secondary N) is 1. The summed E-state index contributed by atoms with van der Waals surface area (Å²) in [7, 11) is 1.55. The van der Waals surface area contributed by atoms with Crippen molar-refractivity contribution in [3.63, 3.8) is 0 Å². The topological polar surface area (TPSA) is 64.3 Å². The van der Waals surface area contributed by atoms with Crippen LogP contribution in [0.25, 0.3) is 0 Å². The number of anilines is 1. The van der Waals surface area contributed by atoms with E-state index in [1.807, 2.05) is 0 Å². The molecule has 0 aliphatic heterocycles. The fraction of sp³-hybridized carbons (Fsp3) is 0.364. The van der Waals surface area contributed by atoms with Gasteiger partial charge in [-0.1, -0.05) is 39.1 Å². The first kappa shape index (κ1) is 15.7. The van der Waals surface area contributed by atoms with Crippen molar-refractivity contribution in [1.29, 1.82) is 0 Å². The van der Waals surface area contributed by atoms with E-state index in [9.17, 15) is 4.79 Å². The highest BCUT2D eigenvalue weighted by Crippen LogP contribution is 2.33. The number of methoxy groups -OCH3 is 1. The Bertz CT molecular complexity index is 420. The fourth-order valence-electron chi connectivity index (χ4n) is 1.25. The normalized spacial score (nSPS) is 12.3. The zero-order valence-electron chi connectivity index (χ0n) is 9.67. The molecule has 0 aliphatic rings. The number of halogens is 3.